The Morgan fingerprint density at radius 1 is 0.931 bits per heavy atom. The summed E-state index contributed by atoms with van der Waals surface area (Å²) in [5.41, 5.74) is 2.51. The summed E-state index contributed by atoms with van der Waals surface area (Å²) in [7, 11) is 0. The molecule has 0 unspecified atom stereocenters. The van der Waals surface area contributed by atoms with E-state index in [1.807, 2.05) is 35.2 Å². The highest BCUT2D eigenvalue weighted by atomic mass is 16.4. The number of benzene rings is 2. The second-order valence-electron chi connectivity index (χ2n) is 7.40. The molecule has 0 saturated carbocycles. The maximum atomic E-state index is 12.5. The highest BCUT2D eigenvalue weighted by Crippen LogP contribution is 2.21. The number of amides is 2. The standard InChI is InChI=1S/C23H26N2O4/c26-21(11-8-17-4-2-1-3-5-17)25-14-12-19(13-15-25)23(29)24-20-9-6-18(7-10-20)16-22(27)28/h1-7,9-10,19H,8,11-16H2,(H,24,29)(H,27,28). The zero-order valence-corrected chi connectivity index (χ0v) is 16.3. The van der Waals surface area contributed by atoms with Crippen LogP contribution in [0.25, 0.3) is 0 Å². The lowest BCUT2D eigenvalue weighted by atomic mass is 9.95. The van der Waals surface area contributed by atoms with Crippen LogP contribution < -0.4 is 5.32 Å². The van der Waals surface area contributed by atoms with E-state index in [1.165, 1.54) is 0 Å². The number of carboxylic acid groups (broad SMARTS) is 1. The maximum absolute atomic E-state index is 12.5. The topological polar surface area (TPSA) is 86.7 Å². The number of hydrogen-bond acceptors (Lipinski definition) is 3. The molecule has 2 amide bonds. The van der Waals surface area contributed by atoms with Crippen molar-refractivity contribution in [3.05, 3.63) is 65.7 Å². The van der Waals surface area contributed by atoms with Gasteiger partial charge in [0.2, 0.25) is 11.8 Å². The second kappa shape index (κ2) is 9.87. The summed E-state index contributed by atoms with van der Waals surface area (Å²) in [5, 5.41) is 11.7. The van der Waals surface area contributed by atoms with Crippen molar-refractivity contribution >= 4 is 23.5 Å². The first-order chi connectivity index (χ1) is 14.0. The molecule has 1 fully saturated rings. The number of carboxylic acids is 1. The summed E-state index contributed by atoms with van der Waals surface area (Å²) in [6, 6.07) is 16.8. The molecule has 1 heterocycles. The monoisotopic (exact) mass is 394 g/mol. The predicted octanol–water partition coefficient (Wildman–Crippen LogP) is 3.12. The molecule has 2 aromatic rings. The van der Waals surface area contributed by atoms with Crippen molar-refractivity contribution in [2.24, 2.45) is 5.92 Å². The van der Waals surface area contributed by atoms with Gasteiger partial charge in [-0.2, -0.15) is 0 Å². The molecule has 29 heavy (non-hydrogen) atoms. The van der Waals surface area contributed by atoms with Gasteiger partial charge in [0.05, 0.1) is 6.42 Å². The normalized spacial score (nSPS) is 14.4. The number of nitrogens with zero attached hydrogens (tertiary/aromatic N) is 1. The Hall–Kier alpha value is -3.15. The van der Waals surface area contributed by atoms with Crippen molar-refractivity contribution in [2.45, 2.75) is 32.1 Å². The van der Waals surface area contributed by atoms with Crippen LogP contribution in [0.4, 0.5) is 5.69 Å². The third-order valence-corrected chi connectivity index (χ3v) is 5.27. The zero-order valence-electron chi connectivity index (χ0n) is 16.3. The zero-order chi connectivity index (χ0) is 20.6. The Morgan fingerprint density at radius 2 is 1.59 bits per heavy atom. The van der Waals surface area contributed by atoms with Crippen molar-refractivity contribution in [1.82, 2.24) is 4.90 Å². The van der Waals surface area contributed by atoms with Gasteiger partial charge in [0.25, 0.3) is 0 Å². The number of anilines is 1. The molecule has 0 spiro atoms. The Bertz CT molecular complexity index is 841. The number of aliphatic carboxylic acids is 1. The number of carbonyl (C=O) groups excluding carboxylic acids is 2. The SMILES string of the molecule is O=C(O)Cc1ccc(NC(=O)C2CCN(C(=O)CCc3ccccc3)CC2)cc1. The molecule has 3 rings (SSSR count). The molecular weight excluding hydrogens is 368 g/mol. The fourth-order valence-corrected chi connectivity index (χ4v) is 3.57. The number of hydrogen-bond donors (Lipinski definition) is 2. The smallest absolute Gasteiger partial charge is 0.307 e. The van der Waals surface area contributed by atoms with Gasteiger partial charge >= 0.3 is 5.97 Å². The lowest BCUT2D eigenvalue weighted by Crippen LogP contribution is -2.41. The van der Waals surface area contributed by atoms with Crippen molar-refractivity contribution in [1.29, 1.82) is 0 Å². The van der Waals surface area contributed by atoms with E-state index in [4.69, 9.17) is 5.11 Å². The molecule has 152 valence electrons. The Labute approximate surface area is 170 Å². The summed E-state index contributed by atoms with van der Waals surface area (Å²) < 4.78 is 0. The fourth-order valence-electron chi connectivity index (χ4n) is 3.57. The summed E-state index contributed by atoms with van der Waals surface area (Å²) in [6.45, 7) is 1.20. The van der Waals surface area contributed by atoms with Crippen LogP contribution >= 0.6 is 0 Å². The molecule has 6 nitrogen and oxygen atoms in total. The van der Waals surface area contributed by atoms with Crippen LogP contribution in [-0.4, -0.2) is 40.9 Å². The summed E-state index contributed by atoms with van der Waals surface area (Å²) in [6.07, 6.45) is 2.49. The highest BCUT2D eigenvalue weighted by molar-refractivity contribution is 5.92. The van der Waals surface area contributed by atoms with Crippen LogP contribution in [0.2, 0.25) is 0 Å². The van der Waals surface area contributed by atoms with Gasteiger partial charge in [0, 0.05) is 31.1 Å². The van der Waals surface area contributed by atoms with E-state index in [-0.39, 0.29) is 24.2 Å². The average Bonchev–Trinajstić information content (AvgIpc) is 2.74. The highest BCUT2D eigenvalue weighted by Gasteiger charge is 2.27. The van der Waals surface area contributed by atoms with Gasteiger partial charge < -0.3 is 15.3 Å². The van der Waals surface area contributed by atoms with E-state index in [0.29, 0.717) is 43.6 Å². The van der Waals surface area contributed by atoms with Crippen molar-refractivity contribution in [3.8, 4) is 0 Å². The number of aryl methyl sites for hydroxylation is 1. The van der Waals surface area contributed by atoms with Gasteiger partial charge in [-0.05, 0) is 42.5 Å². The van der Waals surface area contributed by atoms with Gasteiger partial charge in [-0.3, -0.25) is 14.4 Å². The summed E-state index contributed by atoms with van der Waals surface area (Å²) in [5.74, 6) is -0.909. The third kappa shape index (κ3) is 6.17. The van der Waals surface area contributed by atoms with E-state index in [0.717, 1.165) is 12.0 Å². The Balaban J connectivity index is 1.43. The maximum Gasteiger partial charge on any atom is 0.307 e. The minimum absolute atomic E-state index is 0.0367. The van der Waals surface area contributed by atoms with Crippen LogP contribution in [0.1, 0.15) is 30.4 Å². The lowest BCUT2D eigenvalue weighted by molar-refractivity contribution is -0.136. The molecule has 0 atom stereocenters. The van der Waals surface area contributed by atoms with E-state index < -0.39 is 5.97 Å². The van der Waals surface area contributed by atoms with Gasteiger partial charge in [0.15, 0.2) is 0 Å². The largest absolute Gasteiger partial charge is 0.481 e. The van der Waals surface area contributed by atoms with E-state index in [1.54, 1.807) is 24.3 Å². The van der Waals surface area contributed by atoms with E-state index >= 15 is 0 Å². The second-order valence-corrected chi connectivity index (χ2v) is 7.40. The number of carbonyl (C=O) groups is 3. The summed E-state index contributed by atoms with van der Waals surface area (Å²) in [4.78, 5) is 37.5. The average molecular weight is 394 g/mol. The molecule has 2 N–H and O–H groups in total. The number of rotatable bonds is 7. The van der Waals surface area contributed by atoms with Crippen LogP contribution in [0.15, 0.2) is 54.6 Å². The number of nitrogens with one attached hydrogen (secondary N) is 1. The molecule has 1 saturated heterocycles. The summed E-state index contributed by atoms with van der Waals surface area (Å²) >= 11 is 0. The van der Waals surface area contributed by atoms with Crippen LogP contribution in [0, 0.1) is 5.92 Å². The minimum Gasteiger partial charge on any atom is -0.481 e. The van der Waals surface area contributed by atoms with Crippen molar-refractivity contribution in [3.63, 3.8) is 0 Å². The molecule has 0 bridgehead atoms. The van der Waals surface area contributed by atoms with E-state index in [2.05, 4.69) is 5.32 Å². The molecule has 0 radical (unpaired) electrons. The van der Waals surface area contributed by atoms with Gasteiger partial charge in [-0.1, -0.05) is 42.5 Å². The number of piperidine rings is 1. The molecule has 2 aromatic carbocycles. The molecule has 1 aliphatic rings. The first-order valence-corrected chi connectivity index (χ1v) is 9.94. The van der Waals surface area contributed by atoms with Gasteiger partial charge in [0.1, 0.15) is 0 Å². The minimum atomic E-state index is -0.883. The molecule has 0 aliphatic carbocycles. The molecule has 1 aliphatic heterocycles. The van der Waals surface area contributed by atoms with Gasteiger partial charge in [-0.15, -0.1) is 0 Å². The third-order valence-electron chi connectivity index (χ3n) is 5.27. The van der Waals surface area contributed by atoms with Crippen molar-refractivity contribution in [2.75, 3.05) is 18.4 Å². The first kappa shape index (κ1) is 20.6. The molecular formula is C23H26N2O4. The molecule has 6 heteroatoms. The van der Waals surface area contributed by atoms with E-state index in [9.17, 15) is 14.4 Å². The first-order valence-electron chi connectivity index (χ1n) is 9.94. The number of likely N-dealkylation sites (tertiary alicyclic amines) is 1. The van der Waals surface area contributed by atoms with Crippen LogP contribution in [-0.2, 0) is 27.2 Å². The van der Waals surface area contributed by atoms with Crippen LogP contribution in [0.3, 0.4) is 0 Å². The Kier molecular flexibility index (Phi) is 7.00. The molecule has 0 aromatic heterocycles. The lowest BCUT2D eigenvalue weighted by Gasteiger charge is -2.31. The predicted molar refractivity (Wildman–Crippen MR) is 110 cm³/mol. The van der Waals surface area contributed by atoms with Crippen molar-refractivity contribution < 1.29 is 19.5 Å². The van der Waals surface area contributed by atoms with Crippen LogP contribution in [0.5, 0.6) is 0 Å². The van der Waals surface area contributed by atoms with Gasteiger partial charge in [-0.25, -0.2) is 0 Å². The quantitative estimate of drug-likeness (QED) is 0.755. The Morgan fingerprint density at radius 3 is 2.21 bits per heavy atom. The fraction of sp³-hybridized carbons (Fsp3) is 0.348.